The van der Waals surface area contributed by atoms with Crippen LogP contribution in [-0.4, -0.2) is 14.9 Å². The largest absolute Gasteiger partial charge is 0.270 e. The number of halogens is 1. The van der Waals surface area contributed by atoms with E-state index in [1.165, 1.54) is 12.1 Å². The number of hydrogen-bond donors (Lipinski definition) is 0. The van der Waals surface area contributed by atoms with Crippen molar-refractivity contribution in [3.8, 4) is 11.4 Å². The molecule has 0 aliphatic rings. The zero-order valence-corrected chi connectivity index (χ0v) is 12.0. The lowest BCUT2D eigenvalue weighted by molar-refractivity contribution is -0.384. The summed E-state index contributed by atoms with van der Waals surface area (Å²) in [5.74, 6) is 0.857. The summed E-state index contributed by atoms with van der Waals surface area (Å²) in [6.07, 6.45) is 0.782. The van der Waals surface area contributed by atoms with Crippen molar-refractivity contribution in [1.82, 2.24) is 9.97 Å². The number of nitro benzene ring substituents is 1. The number of hydrogen-bond acceptors (Lipinski definition) is 4. The zero-order chi connectivity index (χ0) is 14.7. The second-order valence-electron chi connectivity index (χ2n) is 4.91. The Morgan fingerprint density at radius 1 is 1.30 bits per heavy atom. The van der Waals surface area contributed by atoms with Crippen LogP contribution in [0.3, 0.4) is 0 Å². The first-order valence-corrected chi connectivity index (χ1v) is 6.62. The van der Waals surface area contributed by atoms with E-state index >= 15 is 0 Å². The average Bonchev–Trinajstić information content (AvgIpc) is 2.37. The molecule has 104 valence electrons. The second-order valence-corrected chi connectivity index (χ2v) is 5.30. The van der Waals surface area contributed by atoms with Gasteiger partial charge >= 0.3 is 0 Å². The van der Waals surface area contributed by atoms with Gasteiger partial charge in [0.25, 0.3) is 5.69 Å². The Balaban J connectivity index is 2.44. The van der Waals surface area contributed by atoms with E-state index < -0.39 is 4.92 Å². The monoisotopic (exact) mass is 291 g/mol. The fourth-order valence-corrected chi connectivity index (χ4v) is 2.08. The Bertz CT molecular complexity index is 644. The van der Waals surface area contributed by atoms with E-state index in [2.05, 4.69) is 23.8 Å². The first kappa shape index (κ1) is 14.4. The van der Waals surface area contributed by atoms with Gasteiger partial charge in [-0.05, 0) is 18.4 Å². The smallest absolute Gasteiger partial charge is 0.258 e. The van der Waals surface area contributed by atoms with Gasteiger partial charge in [0.2, 0.25) is 0 Å². The molecule has 0 spiro atoms. The molecule has 0 atom stereocenters. The standard InChI is InChI=1S/C14H14ClN3O2/c1-9(2)6-11-8-13(15)17-14(16-11)10-4-3-5-12(7-10)18(19)20/h3-5,7-9H,6H2,1-2H3. The van der Waals surface area contributed by atoms with Crippen LogP contribution >= 0.6 is 11.6 Å². The van der Waals surface area contributed by atoms with Gasteiger partial charge in [0.1, 0.15) is 5.15 Å². The third kappa shape index (κ3) is 3.51. The molecule has 0 fully saturated rings. The molecule has 0 unspecified atom stereocenters. The number of benzene rings is 1. The zero-order valence-electron chi connectivity index (χ0n) is 11.2. The molecule has 2 aromatic rings. The number of aromatic nitrogens is 2. The molecule has 0 N–H and O–H groups in total. The van der Waals surface area contributed by atoms with Gasteiger partial charge in [-0.25, -0.2) is 9.97 Å². The second kappa shape index (κ2) is 5.96. The predicted octanol–water partition coefficient (Wildman–Crippen LogP) is 3.90. The summed E-state index contributed by atoms with van der Waals surface area (Å²) >= 11 is 6.00. The maximum Gasteiger partial charge on any atom is 0.270 e. The molecular formula is C14H14ClN3O2. The summed E-state index contributed by atoms with van der Waals surface area (Å²) in [6.45, 7) is 4.17. The van der Waals surface area contributed by atoms with Crippen LogP contribution in [0.5, 0.6) is 0 Å². The molecule has 0 bridgehead atoms. The minimum Gasteiger partial charge on any atom is -0.258 e. The summed E-state index contributed by atoms with van der Waals surface area (Å²) < 4.78 is 0. The summed E-state index contributed by atoms with van der Waals surface area (Å²) in [4.78, 5) is 18.9. The fourth-order valence-electron chi connectivity index (χ4n) is 1.87. The summed E-state index contributed by atoms with van der Waals surface area (Å²) in [6, 6.07) is 7.95. The van der Waals surface area contributed by atoms with Crippen molar-refractivity contribution in [2.24, 2.45) is 5.92 Å². The highest BCUT2D eigenvalue weighted by molar-refractivity contribution is 6.29. The SMILES string of the molecule is CC(C)Cc1cc(Cl)nc(-c2cccc([N+](=O)[O-])c2)n1. The summed E-state index contributed by atoms with van der Waals surface area (Å²) in [7, 11) is 0. The Morgan fingerprint density at radius 2 is 2.05 bits per heavy atom. The van der Waals surface area contributed by atoms with E-state index in [-0.39, 0.29) is 5.69 Å². The van der Waals surface area contributed by atoms with Crippen molar-refractivity contribution in [1.29, 1.82) is 0 Å². The lowest BCUT2D eigenvalue weighted by atomic mass is 10.1. The van der Waals surface area contributed by atoms with E-state index in [4.69, 9.17) is 11.6 Å². The lowest BCUT2D eigenvalue weighted by Crippen LogP contribution is -2.01. The molecule has 5 nitrogen and oxygen atoms in total. The Labute approximate surface area is 121 Å². The number of nitrogens with zero attached hydrogens (tertiary/aromatic N) is 3. The molecule has 1 aromatic heterocycles. The van der Waals surface area contributed by atoms with Crippen molar-refractivity contribution in [2.45, 2.75) is 20.3 Å². The molecule has 6 heteroatoms. The highest BCUT2D eigenvalue weighted by Crippen LogP contribution is 2.23. The minimum atomic E-state index is -0.441. The van der Waals surface area contributed by atoms with E-state index in [0.29, 0.717) is 22.5 Å². The van der Waals surface area contributed by atoms with E-state index in [9.17, 15) is 10.1 Å². The maximum atomic E-state index is 10.8. The van der Waals surface area contributed by atoms with Gasteiger partial charge in [-0.2, -0.15) is 0 Å². The minimum absolute atomic E-state index is 0.0106. The molecule has 1 aromatic carbocycles. The van der Waals surface area contributed by atoms with Crippen LogP contribution in [0.1, 0.15) is 19.5 Å². The van der Waals surface area contributed by atoms with Crippen molar-refractivity contribution < 1.29 is 4.92 Å². The summed E-state index contributed by atoms with van der Waals surface area (Å²) in [5.41, 5.74) is 1.43. The Hall–Kier alpha value is -2.01. The maximum absolute atomic E-state index is 10.8. The van der Waals surface area contributed by atoms with Crippen LogP contribution in [0, 0.1) is 16.0 Å². The molecule has 0 saturated carbocycles. The topological polar surface area (TPSA) is 68.9 Å². The quantitative estimate of drug-likeness (QED) is 0.486. The number of nitro groups is 1. The van der Waals surface area contributed by atoms with Crippen LogP contribution < -0.4 is 0 Å². The normalized spacial score (nSPS) is 10.8. The van der Waals surface area contributed by atoms with Crippen molar-refractivity contribution in [3.63, 3.8) is 0 Å². The van der Waals surface area contributed by atoms with Gasteiger partial charge < -0.3 is 0 Å². The lowest BCUT2D eigenvalue weighted by Gasteiger charge is -2.07. The molecular weight excluding hydrogens is 278 g/mol. The molecule has 2 rings (SSSR count). The van der Waals surface area contributed by atoms with Gasteiger partial charge in [0.15, 0.2) is 5.82 Å². The molecule has 20 heavy (non-hydrogen) atoms. The first-order chi connectivity index (χ1) is 9.45. The van der Waals surface area contributed by atoms with Gasteiger partial charge in [0, 0.05) is 23.4 Å². The highest BCUT2D eigenvalue weighted by atomic mass is 35.5. The van der Waals surface area contributed by atoms with Crippen LogP contribution in [0.15, 0.2) is 30.3 Å². The van der Waals surface area contributed by atoms with Gasteiger partial charge in [-0.3, -0.25) is 10.1 Å². The molecule has 0 amide bonds. The molecule has 0 aliphatic carbocycles. The third-order valence-electron chi connectivity index (χ3n) is 2.68. The molecule has 0 saturated heterocycles. The van der Waals surface area contributed by atoms with Crippen molar-refractivity contribution in [3.05, 3.63) is 51.3 Å². The Morgan fingerprint density at radius 3 is 2.70 bits per heavy atom. The number of non-ortho nitro benzene ring substituents is 1. The van der Waals surface area contributed by atoms with Gasteiger partial charge in [-0.1, -0.05) is 37.6 Å². The molecule has 1 heterocycles. The molecule has 0 aliphatic heterocycles. The van der Waals surface area contributed by atoms with Crippen molar-refractivity contribution >= 4 is 17.3 Å². The van der Waals surface area contributed by atoms with Crippen LogP contribution in [-0.2, 0) is 6.42 Å². The van der Waals surface area contributed by atoms with Crippen LogP contribution in [0.25, 0.3) is 11.4 Å². The van der Waals surface area contributed by atoms with Gasteiger partial charge in [-0.15, -0.1) is 0 Å². The van der Waals surface area contributed by atoms with E-state index in [0.717, 1.165) is 12.1 Å². The highest BCUT2D eigenvalue weighted by Gasteiger charge is 2.11. The Kier molecular flexibility index (Phi) is 4.29. The third-order valence-corrected chi connectivity index (χ3v) is 2.87. The number of rotatable bonds is 4. The van der Waals surface area contributed by atoms with Crippen LogP contribution in [0.4, 0.5) is 5.69 Å². The summed E-state index contributed by atoms with van der Waals surface area (Å²) in [5, 5.41) is 11.1. The molecule has 0 radical (unpaired) electrons. The fraction of sp³-hybridized carbons (Fsp3) is 0.286. The predicted molar refractivity (Wildman–Crippen MR) is 77.7 cm³/mol. The van der Waals surface area contributed by atoms with Gasteiger partial charge in [0.05, 0.1) is 4.92 Å². The van der Waals surface area contributed by atoms with Crippen molar-refractivity contribution in [2.75, 3.05) is 0 Å². The average molecular weight is 292 g/mol. The van der Waals surface area contributed by atoms with E-state index in [1.807, 2.05) is 0 Å². The first-order valence-electron chi connectivity index (χ1n) is 6.24. The van der Waals surface area contributed by atoms with E-state index in [1.54, 1.807) is 18.2 Å². The van der Waals surface area contributed by atoms with Crippen LogP contribution in [0.2, 0.25) is 5.15 Å².